The molecule has 1 atom stereocenters. The molecule has 0 saturated carbocycles. The Bertz CT molecular complexity index is 1030. The van der Waals surface area contributed by atoms with Crippen molar-refractivity contribution < 1.29 is 9.59 Å². The Hall–Kier alpha value is -2.77. The van der Waals surface area contributed by atoms with Gasteiger partial charge in [-0.2, -0.15) is 0 Å². The normalized spacial score (nSPS) is 19.6. The van der Waals surface area contributed by atoms with Crippen molar-refractivity contribution >= 4 is 44.7 Å². The number of hydrogen-bond donors (Lipinski definition) is 1. The summed E-state index contributed by atoms with van der Waals surface area (Å²) in [6, 6.07) is 15.8. The van der Waals surface area contributed by atoms with Crippen LogP contribution in [-0.2, 0) is 9.59 Å². The lowest BCUT2D eigenvalue weighted by Crippen LogP contribution is -2.46. The average Bonchev–Trinajstić information content (AvgIpc) is 3.33. The van der Waals surface area contributed by atoms with E-state index in [2.05, 4.69) is 16.3 Å². The monoisotopic (exact) mass is 392 g/mol. The zero-order valence-electron chi connectivity index (χ0n) is 15.3. The number of para-hydroxylation sites is 3. The molecule has 2 amide bonds. The zero-order chi connectivity index (χ0) is 19.1. The third-order valence-electron chi connectivity index (χ3n) is 5.37. The first kappa shape index (κ1) is 17.3. The van der Waals surface area contributed by atoms with Crippen LogP contribution in [0.2, 0.25) is 0 Å². The maximum Gasteiger partial charge on any atom is 0.244 e. The van der Waals surface area contributed by atoms with E-state index < -0.39 is 0 Å². The number of aromatic nitrogens is 1. The van der Waals surface area contributed by atoms with Crippen molar-refractivity contribution in [3.05, 3.63) is 53.5 Å². The van der Waals surface area contributed by atoms with Gasteiger partial charge in [-0.15, -0.1) is 11.3 Å². The minimum atomic E-state index is -0.156. The molecule has 0 aliphatic carbocycles. The minimum absolute atomic E-state index is 0.0460. The molecule has 142 valence electrons. The van der Waals surface area contributed by atoms with Crippen LogP contribution in [0.3, 0.4) is 0 Å². The summed E-state index contributed by atoms with van der Waals surface area (Å²) in [7, 11) is 0. The zero-order valence-corrected chi connectivity index (χ0v) is 16.1. The summed E-state index contributed by atoms with van der Waals surface area (Å²) in [6.45, 7) is 1.23. The molecule has 3 aromatic rings. The van der Waals surface area contributed by atoms with E-state index in [9.17, 15) is 9.59 Å². The molecule has 1 aromatic heterocycles. The van der Waals surface area contributed by atoms with E-state index in [4.69, 9.17) is 4.98 Å². The molecular weight excluding hydrogens is 372 g/mol. The number of fused-ring (bicyclic) bond motifs is 2. The van der Waals surface area contributed by atoms with Crippen LogP contribution in [0, 0.1) is 0 Å². The highest BCUT2D eigenvalue weighted by Gasteiger charge is 2.33. The molecule has 3 heterocycles. The third kappa shape index (κ3) is 3.06. The van der Waals surface area contributed by atoms with Gasteiger partial charge in [0.15, 0.2) is 0 Å². The number of rotatable bonds is 3. The first-order valence-corrected chi connectivity index (χ1v) is 10.3. The fraction of sp³-hybridized carbons (Fsp3) is 0.286. The molecule has 1 N–H and O–H groups in total. The van der Waals surface area contributed by atoms with Crippen LogP contribution in [-0.4, -0.2) is 41.3 Å². The van der Waals surface area contributed by atoms with Gasteiger partial charge in [-0.05, 0) is 43.7 Å². The fourth-order valence-electron chi connectivity index (χ4n) is 4.04. The van der Waals surface area contributed by atoms with E-state index in [1.54, 1.807) is 16.2 Å². The Morgan fingerprint density at radius 3 is 2.89 bits per heavy atom. The summed E-state index contributed by atoms with van der Waals surface area (Å²) in [4.78, 5) is 33.7. The molecule has 7 heteroatoms. The van der Waals surface area contributed by atoms with Crippen LogP contribution >= 0.6 is 11.3 Å². The smallest absolute Gasteiger partial charge is 0.244 e. The second kappa shape index (κ2) is 7.00. The van der Waals surface area contributed by atoms with Crippen molar-refractivity contribution in [2.75, 3.05) is 29.9 Å². The van der Waals surface area contributed by atoms with E-state index in [0.717, 1.165) is 35.6 Å². The van der Waals surface area contributed by atoms with Crippen molar-refractivity contribution in [1.29, 1.82) is 0 Å². The van der Waals surface area contributed by atoms with Crippen molar-refractivity contribution in [2.45, 2.75) is 18.9 Å². The topological polar surface area (TPSA) is 65.5 Å². The summed E-state index contributed by atoms with van der Waals surface area (Å²) < 4.78 is 1.18. The number of amides is 2. The number of likely N-dealkylation sites (tertiary alicyclic amines) is 1. The Morgan fingerprint density at radius 1 is 1.18 bits per heavy atom. The number of hydrogen-bond acceptors (Lipinski definition) is 5. The van der Waals surface area contributed by atoms with E-state index in [-0.39, 0.29) is 24.4 Å². The van der Waals surface area contributed by atoms with Crippen LogP contribution in [0.15, 0.2) is 48.5 Å². The average molecular weight is 392 g/mol. The third-order valence-corrected chi connectivity index (χ3v) is 6.51. The van der Waals surface area contributed by atoms with E-state index >= 15 is 0 Å². The number of carbonyl (C=O) groups excluding carboxylic acids is 2. The standard InChI is InChI=1S/C21H20N4O2S/c26-19-12-25(16-8-3-1-6-14(16)22-19)20(27)13-24-11-5-9-17(24)21-23-15-7-2-4-10-18(15)28-21/h1-4,6-8,10,17H,5,9,11-13H2,(H,22,26)/t17-/m1/s1. The highest BCUT2D eigenvalue weighted by atomic mass is 32.1. The number of benzene rings is 2. The van der Waals surface area contributed by atoms with E-state index in [0.29, 0.717) is 12.2 Å². The molecule has 2 aliphatic rings. The Morgan fingerprint density at radius 2 is 2.00 bits per heavy atom. The second-order valence-electron chi connectivity index (χ2n) is 7.19. The quantitative estimate of drug-likeness (QED) is 0.742. The van der Waals surface area contributed by atoms with Gasteiger partial charge in [-0.25, -0.2) is 4.98 Å². The molecule has 2 aliphatic heterocycles. The first-order chi connectivity index (χ1) is 13.7. The number of carbonyl (C=O) groups is 2. The van der Waals surface area contributed by atoms with Gasteiger partial charge in [0.25, 0.3) is 0 Å². The Kier molecular flexibility index (Phi) is 4.33. The molecule has 1 fully saturated rings. The molecule has 28 heavy (non-hydrogen) atoms. The van der Waals surface area contributed by atoms with Gasteiger partial charge in [0.2, 0.25) is 11.8 Å². The minimum Gasteiger partial charge on any atom is -0.323 e. The summed E-state index contributed by atoms with van der Waals surface area (Å²) >= 11 is 1.71. The van der Waals surface area contributed by atoms with Crippen molar-refractivity contribution in [3.63, 3.8) is 0 Å². The highest BCUT2D eigenvalue weighted by molar-refractivity contribution is 7.18. The molecule has 2 aromatic carbocycles. The summed E-state index contributed by atoms with van der Waals surface area (Å²) in [5.41, 5.74) is 2.47. The maximum absolute atomic E-state index is 13.1. The molecule has 6 nitrogen and oxygen atoms in total. The summed E-state index contributed by atoms with van der Waals surface area (Å²) in [6.07, 6.45) is 2.05. The van der Waals surface area contributed by atoms with E-state index in [1.165, 1.54) is 4.70 Å². The number of anilines is 2. The van der Waals surface area contributed by atoms with Crippen molar-refractivity contribution in [1.82, 2.24) is 9.88 Å². The molecular formula is C21H20N4O2S. The van der Waals surface area contributed by atoms with Crippen molar-refractivity contribution in [2.24, 2.45) is 0 Å². The lowest BCUT2D eigenvalue weighted by molar-refractivity contribution is -0.122. The molecule has 0 radical (unpaired) electrons. The molecule has 1 saturated heterocycles. The maximum atomic E-state index is 13.1. The SMILES string of the molecule is O=C1CN(C(=O)CN2CCC[C@@H]2c2nc3ccccc3s2)c2ccccc2N1. The highest BCUT2D eigenvalue weighted by Crippen LogP contribution is 2.37. The van der Waals surface area contributed by atoms with Crippen LogP contribution in [0.1, 0.15) is 23.9 Å². The van der Waals surface area contributed by atoms with Gasteiger partial charge < -0.3 is 5.32 Å². The fourth-order valence-corrected chi connectivity index (χ4v) is 5.18. The largest absolute Gasteiger partial charge is 0.323 e. The van der Waals surface area contributed by atoms with Gasteiger partial charge in [0.05, 0.1) is 34.2 Å². The molecule has 5 rings (SSSR count). The Labute approximate surface area is 166 Å². The second-order valence-corrected chi connectivity index (χ2v) is 8.26. The van der Waals surface area contributed by atoms with Crippen LogP contribution in [0.5, 0.6) is 0 Å². The van der Waals surface area contributed by atoms with Gasteiger partial charge >= 0.3 is 0 Å². The predicted molar refractivity (Wildman–Crippen MR) is 111 cm³/mol. The van der Waals surface area contributed by atoms with Gasteiger partial charge in [-0.1, -0.05) is 24.3 Å². The van der Waals surface area contributed by atoms with Crippen LogP contribution in [0.25, 0.3) is 10.2 Å². The summed E-state index contributed by atoms with van der Waals surface area (Å²) in [5.74, 6) is -0.202. The molecule has 0 spiro atoms. The number of nitrogens with one attached hydrogen (secondary N) is 1. The first-order valence-electron chi connectivity index (χ1n) is 9.48. The number of nitrogens with zero attached hydrogens (tertiary/aromatic N) is 3. The van der Waals surface area contributed by atoms with Gasteiger partial charge in [-0.3, -0.25) is 19.4 Å². The lowest BCUT2D eigenvalue weighted by Gasteiger charge is -2.31. The van der Waals surface area contributed by atoms with Gasteiger partial charge in [0, 0.05) is 0 Å². The lowest BCUT2D eigenvalue weighted by atomic mass is 10.2. The van der Waals surface area contributed by atoms with Crippen LogP contribution in [0.4, 0.5) is 11.4 Å². The van der Waals surface area contributed by atoms with Crippen LogP contribution < -0.4 is 10.2 Å². The summed E-state index contributed by atoms with van der Waals surface area (Å²) in [5, 5.41) is 3.91. The van der Waals surface area contributed by atoms with Gasteiger partial charge in [0.1, 0.15) is 11.6 Å². The van der Waals surface area contributed by atoms with Crippen molar-refractivity contribution in [3.8, 4) is 0 Å². The van der Waals surface area contributed by atoms with E-state index in [1.807, 2.05) is 42.5 Å². The predicted octanol–water partition coefficient (Wildman–Crippen LogP) is 3.42. The Balaban J connectivity index is 1.38. The molecule has 0 unspecified atom stereocenters. The molecule has 0 bridgehead atoms. The number of thiazole rings is 1.